The lowest BCUT2D eigenvalue weighted by Crippen LogP contribution is -2.37. The van der Waals surface area contributed by atoms with Crippen molar-refractivity contribution in [2.75, 3.05) is 20.2 Å². The molecule has 0 unspecified atom stereocenters. The number of methoxy groups -OCH3 is 1. The van der Waals surface area contributed by atoms with E-state index in [2.05, 4.69) is 46.6 Å². The summed E-state index contributed by atoms with van der Waals surface area (Å²) in [5.74, 6) is 1.76. The van der Waals surface area contributed by atoms with E-state index in [1.165, 1.54) is 10.4 Å². The van der Waals surface area contributed by atoms with Crippen LogP contribution < -0.4 is 15.4 Å². The predicted molar refractivity (Wildman–Crippen MR) is 106 cm³/mol. The molecule has 0 saturated carbocycles. The molecule has 0 saturated heterocycles. The molecule has 1 aromatic heterocycles. The highest BCUT2D eigenvalue weighted by Crippen LogP contribution is 2.17. The van der Waals surface area contributed by atoms with E-state index in [1.807, 2.05) is 19.1 Å². The number of aryl methyl sites for hydroxylation is 3. The Bertz CT molecular complexity index is 677. The van der Waals surface area contributed by atoms with Crippen LogP contribution in [0.2, 0.25) is 0 Å². The lowest BCUT2D eigenvalue weighted by Gasteiger charge is -2.11. The monoisotopic (exact) mass is 360 g/mol. The van der Waals surface area contributed by atoms with Crippen molar-refractivity contribution in [2.24, 2.45) is 4.99 Å². The molecule has 2 aromatic rings. The SMILES string of the molecule is CCNC(=NCc1nc(C)c(C)s1)NCCCc1cccc(OC)c1. The van der Waals surface area contributed by atoms with Gasteiger partial charge in [-0.15, -0.1) is 11.3 Å². The van der Waals surface area contributed by atoms with Crippen LogP contribution in [0.5, 0.6) is 5.75 Å². The van der Waals surface area contributed by atoms with E-state index < -0.39 is 0 Å². The van der Waals surface area contributed by atoms with Gasteiger partial charge < -0.3 is 15.4 Å². The second kappa shape index (κ2) is 10.0. The van der Waals surface area contributed by atoms with E-state index in [1.54, 1.807) is 18.4 Å². The van der Waals surface area contributed by atoms with Crippen LogP contribution in [-0.4, -0.2) is 31.1 Å². The zero-order valence-corrected chi connectivity index (χ0v) is 16.4. The summed E-state index contributed by atoms with van der Waals surface area (Å²) in [4.78, 5) is 10.4. The molecule has 0 bridgehead atoms. The summed E-state index contributed by atoms with van der Waals surface area (Å²) in [6.07, 6.45) is 2.04. The Labute approximate surface area is 154 Å². The van der Waals surface area contributed by atoms with Gasteiger partial charge in [0.05, 0.1) is 19.3 Å². The van der Waals surface area contributed by atoms with Crippen molar-refractivity contribution in [2.45, 2.75) is 40.2 Å². The molecule has 0 radical (unpaired) electrons. The van der Waals surface area contributed by atoms with Crippen LogP contribution in [0.25, 0.3) is 0 Å². The number of aliphatic imine (C=N–C) groups is 1. The van der Waals surface area contributed by atoms with Crippen LogP contribution >= 0.6 is 11.3 Å². The number of hydrogen-bond donors (Lipinski definition) is 2. The summed E-state index contributed by atoms with van der Waals surface area (Å²) < 4.78 is 5.27. The normalized spacial score (nSPS) is 11.4. The van der Waals surface area contributed by atoms with Gasteiger partial charge in [0.25, 0.3) is 0 Å². The number of guanidine groups is 1. The highest BCUT2D eigenvalue weighted by atomic mass is 32.1. The van der Waals surface area contributed by atoms with E-state index in [0.29, 0.717) is 6.54 Å². The largest absolute Gasteiger partial charge is 0.497 e. The number of benzene rings is 1. The van der Waals surface area contributed by atoms with Gasteiger partial charge in [0.15, 0.2) is 5.96 Å². The van der Waals surface area contributed by atoms with E-state index in [-0.39, 0.29) is 0 Å². The Balaban J connectivity index is 1.81. The third kappa shape index (κ3) is 6.38. The molecule has 0 fully saturated rings. The van der Waals surface area contributed by atoms with Gasteiger partial charge in [-0.25, -0.2) is 9.98 Å². The molecule has 136 valence electrons. The Hall–Kier alpha value is -2.08. The summed E-state index contributed by atoms with van der Waals surface area (Å²) >= 11 is 1.72. The lowest BCUT2D eigenvalue weighted by molar-refractivity contribution is 0.414. The minimum absolute atomic E-state index is 0.616. The van der Waals surface area contributed by atoms with Crippen LogP contribution in [-0.2, 0) is 13.0 Å². The average molecular weight is 361 g/mol. The lowest BCUT2D eigenvalue weighted by atomic mass is 10.1. The molecule has 5 nitrogen and oxygen atoms in total. The number of hydrogen-bond acceptors (Lipinski definition) is 4. The van der Waals surface area contributed by atoms with Crippen LogP contribution in [0.4, 0.5) is 0 Å². The number of nitrogens with one attached hydrogen (secondary N) is 2. The molecule has 2 N–H and O–H groups in total. The van der Waals surface area contributed by atoms with E-state index >= 15 is 0 Å². The standard InChI is InChI=1S/C19H28N4OS/c1-5-20-19(22-13-18-23-14(2)15(3)25-18)21-11-7-9-16-8-6-10-17(12-16)24-4/h6,8,10,12H,5,7,9,11,13H2,1-4H3,(H2,20,21,22). The number of ether oxygens (including phenoxy) is 1. The van der Waals surface area contributed by atoms with Gasteiger partial charge in [0, 0.05) is 18.0 Å². The van der Waals surface area contributed by atoms with Gasteiger partial charge in [-0.2, -0.15) is 0 Å². The van der Waals surface area contributed by atoms with Gasteiger partial charge in [0.1, 0.15) is 10.8 Å². The number of aromatic nitrogens is 1. The summed E-state index contributed by atoms with van der Waals surface area (Å²) in [5, 5.41) is 7.74. The molecule has 0 spiro atoms. The maximum Gasteiger partial charge on any atom is 0.191 e. The summed E-state index contributed by atoms with van der Waals surface area (Å²) in [7, 11) is 1.70. The van der Waals surface area contributed by atoms with Crippen molar-refractivity contribution in [1.82, 2.24) is 15.6 Å². The zero-order chi connectivity index (χ0) is 18.1. The molecule has 2 rings (SSSR count). The van der Waals surface area contributed by atoms with Crippen molar-refractivity contribution in [1.29, 1.82) is 0 Å². The number of rotatable bonds is 8. The van der Waals surface area contributed by atoms with Gasteiger partial charge in [-0.3, -0.25) is 0 Å². The molecule has 0 aliphatic carbocycles. The van der Waals surface area contributed by atoms with E-state index in [0.717, 1.165) is 48.3 Å². The average Bonchev–Trinajstić information content (AvgIpc) is 2.94. The Morgan fingerprint density at radius 1 is 1.28 bits per heavy atom. The van der Waals surface area contributed by atoms with E-state index in [9.17, 15) is 0 Å². The van der Waals surface area contributed by atoms with Gasteiger partial charge in [-0.1, -0.05) is 12.1 Å². The second-order valence-corrected chi connectivity index (χ2v) is 7.11. The van der Waals surface area contributed by atoms with Crippen molar-refractivity contribution in [3.63, 3.8) is 0 Å². The van der Waals surface area contributed by atoms with Gasteiger partial charge in [-0.05, 0) is 51.3 Å². The zero-order valence-electron chi connectivity index (χ0n) is 15.6. The molecule has 0 atom stereocenters. The molecule has 6 heteroatoms. The van der Waals surface area contributed by atoms with Crippen LogP contribution in [0.3, 0.4) is 0 Å². The molecule has 1 heterocycles. The number of thiazole rings is 1. The fourth-order valence-corrected chi connectivity index (χ4v) is 3.28. The quantitative estimate of drug-likeness (QED) is 0.430. The summed E-state index contributed by atoms with van der Waals surface area (Å²) in [6.45, 7) is 8.55. The minimum Gasteiger partial charge on any atom is -0.497 e. The molecular formula is C19H28N4OS. The molecular weight excluding hydrogens is 332 g/mol. The highest BCUT2D eigenvalue weighted by molar-refractivity contribution is 7.11. The first-order valence-corrected chi connectivity index (χ1v) is 9.52. The fraction of sp³-hybridized carbons (Fsp3) is 0.474. The van der Waals surface area contributed by atoms with Crippen molar-refractivity contribution >= 4 is 17.3 Å². The van der Waals surface area contributed by atoms with Crippen molar-refractivity contribution in [3.05, 3.63) is 45.4 Å². The van der Waals surface area contributed by atoms with Crippen LogP contribution in [0.1, 0.15) is 34.5 Å². The van der Waals surface area contributed by atoms with Crippen molar-refractivity contribution < 1.29 is 4.74 Å². The molecule has 1 aromatic carbocycles. The molecule has 25 heavy (non-hydrogen) atoms. The highest BCUT2D eigenvalue weighted by Gasteiger charge is 2.04. The predicted octanol–water partition coefficient (Wildman–Crippen LogP) is 3.46. The maximum absolute atomic E-state index is 5.27. The smallest absolute Gasteiger partial charge is 0.191 e. The third-order valence-corrected chi connectivity index (χ3v) is 4.92. The Morgan fingerprint density at radius 2 is 2.12 bits per heavy atom. The van der Waals surface area contributed by atoms with Crippen LogP contribution in [0, 0.1) is 13.8 Å². The first kappa shape index (κ1) is 19.2. The molecule has 0 aliphatic heterocycles. The van der Waals surface area contributed by atoms with Crippen molar-refractivity contribution in [3.8, 4) is 5.75 Å². The number of nitrogens with zero attached hydrogens (tertiary/aromatic N) is 2. The molecule has 0 aliphatic rings. The van der Waals surface area contributed by atoms with Crippen LogP contribution in [0.15, 0.2) is 29.3 Å². The Kier molecular flexibility index (Phi) is 7.73. The second-order valence-electron chi connectivity index (χ2n) is 5.83. The minimum atomic E-state index is 0.616. The first-order chi connectivity index (χ1) is 12.1. The Morgan fingerprint density at radius 3 is 2.80 bits per heavy atom. The molecule has 0 amide bonds. The van der Waals surface area contributed by atoms with E-state index in [4.69, 9.17) is 4.74 Å². The third-order valence-electron chi connectivity index (χ3n) is 3.86. The topological polar surface area (TPSA) is 58.5 Å². The summed E-state index contributed by atoms with van der Waals surface area (Å²) in [5.41, 5.74) is 2.39. The maximum atomic E-state index is 5.27. The fourth-order valence-electron chi connectivity index (χ4n) is 2.42. The van der Waals surface area contributed by atoms with Gasteiger partial charge in [0.2, 0.25) is 0 Å². The van der Waals surface area contributed by atoms with Gasteiger partial charge >= 0.3 is 0 Å². The summed E-state index contributed by atoms with van der Waals surface area (Å²) in [6, 6.07) is 8.23. The first-order valence-electron chi connectivity index (χ1n) is 8.70.